The molecule has 0 atom stereocenters. The van der Waals surface area contributed by atoms with Crippen LogP contribution < -0.4 is 0 Å². The van der Waals surface area contributed by atoms with Crippen LogP contribution >= 0.6 is 0 Å². The van der Waals surface area contributed by atoms with Gasteiger partial charge in [-0.2, -0.15) is 0 Å². The lowest BCUT2D eigenvalue weighted by Gasteiger charge is -2.03. The third-order valence-electron chi connectivity index (χ3n) is 9.23. The topological polar surface area (TPSA) is 26.3 Å². The molecule has 260 valence electrons. The summed E-state index contributed by atoms with van der Waals surface area (Å²) in [6, 6.07) is 0. The standard InChI is InChI=1S/C42H80O2/c1-3-5-7-9-11-13-15-17-19-21-22-23-25-27-29-31-33-35-37-39-41-44-42(43)40-38-36-34-32-30-28-26-24-20-18-16-14-12-10-8-6-4-2/h38-41H,3-37H2,1-2H3. The Morgan fingerprint density at radius 1 is 0.364 bits per heavy atom. The summed E-state index contributed by atoms with van der Waals surface area (Å²) in [5.74, 6) is -0.236. The van der Waals surface area contributed by atoms with Gasteiger partial charge < -0.3 is 4.74 Å². The minimum Gasteiger partial charge on any atom is -0.432 e. The number of ether oxygens (including phenoxy) is 1. The molecule has 2 heteroatoms. The molecule has 0 aliphatic carbocycles. The molecule has 0 aromatic rings. The van der Waals surface area contributed by atoms with Crippen LogP contribution in [0.1, 0.15) is 239 Å². The Labute approximate surface area is 278 Å². The molecule has 0 spiro atoms. The lowest BCUT2D eigenvalue weighted by Crippen LogP contribution is -1.93. The molecule has 0 saturated heterocycles. The van der Waals surface area contributed by atoms with Crippen LogP contribution in [-0.2, 0) is 9.53 Å². The van der Waals surface area contributed by atoms with Gasteiger partial charge in [-0.3, -0.25) is 0 Å². The number of hydrogen-bond acceptors (Lipinski definition) is 2. The Morgan fingerprint density at radius 3 is 0.909 bits per heavy atom. The zero-order valence-corrected chi connectivity index (χ0v) is 30.4. The quantitative estimate of drug-likeness (QED) is 0.0300. The van der Waals surface area contributed by atoms with Crippen LogP contribution in [0, 0.1) is 0 Å². The largest absolute Gasteiger partial charge is 0.432 e. The van der Waals surface area contributed by atoms with Crippen LogP contribution in [0.5, 0.6) is 0 Å². The predicted molar refractivity (Wildman–Crippen MR) is 197 cm³/mol. The second kappa shape index (κ2) is 40.0. The van der Waals surface area contributed by atoms with E-state index in [9.17, 15) is 4.79 Å². The third kappa shape index (κ3) is 39.0. The van der Waals surface area contributed by atoms with Crippen molar-refractivity contribution in [3.05, 3.63) is 24.5 Å². The van der Waals surface area contributed by atoms with E-state index in [-0.39, 0.29) is 5.97 Å². The summed E-state index contributed by atoms with van der Waals surface area (Å²) in [6.45, 7) is 4.58. The van der Waals surface area contributed by atoms with Crippen LogP contribution in [-0.4, -0.2) is 5.97 Å². The number of allylic oxidation sites excluding steroid dienone is 2. The molecular formula is C42H80O2. The Balaban J connectivity index is 3.26. The average Bonchev–Trinajstić information content (AvgIpc) is 3.03. The van der Waals surface area contributed by atoms with Crippen LogP contribution in [0.2, 0.25) is 0 Å². The summed E-state index contributed by atoms with van der Waals surface area (Å²) in [5.41, 5.74) is 0. The van der Waals surface area contributed by atoms with Crippen molar-refractivity contribution in [2.45, 2.75) is 239 Å². The molecule has 0 aromatic carbocycles. The van der Waals surface area contributed by atoms with E-state index < -0.39 is 0 Å². The summed E-state index contributed by atoms with van der Waals surface area (Å²) in [7, 11) is 0. The fourth-order valence-corrected chi connectivity index (χ4v) is 6.20. The third-order valence-corrected chi connectivity index (χ3v) is 9.23. The van der Waals surface area contributed by atoms with Gasteiger partial charge in [0.25, 0.3) is 0 Å². The second-order valence-electron chi connectivity index (χ2n) is 13.7. The van der Waals surface area contributed by atoms with E-state index in [1.54, 1.807) is 12.3 Å². The monoisotopic (exact) mass is 617 g/mol. The van der Waals surface area contributed by atoms with Crippen molar-refractivity contribution in [2.75, 3.05) is 0 Å². The minimum atomic E-state index is -0.236. The lowest BCUT2D eigenvalue weighted by atomic mass is 10.0. The zero-order valence-electron chi connectivity index (χ0n) is 30.4. The first kappa shape index (κ1) is 43.0. The van der Waals surface area contributed by atoms with E-state index in [1.165, 1.54) is 212 Å². The molecular weight excluding hydrogens is 536 g/mol. The number of rotatable bonds is 37. The Morgan fingerprint density at radius 2 is 0.614 bits per heavy atom. The molecule has 0 N–H and O–H groups in total. The van der Waals surface area contributed by atoms with E-state index in [1.807, 2.05) is 12.2 Å². The number of hydrogen-bond donors (Lipinski definition) is 0. The van der Waals surface area contributed by atoms with E-state index in [0.717, 1.165) is 12.8 Å². The first-order valence-electron chi connectivity index (χ1n) is 20.3. The van der Waals surface area contributed by atoms with Gasteiger partial charge in [0.2, 0.25) is 0 Å². The maximum Gasteiger partial charge on any atom is 0.335 e. The van der Waals surface area contributed by atoms with Gasteiger partial charge in [-0.15, -0.1) is 0 Å². The van der Waals surface area contributed by atoms with Crippen molar-refractivity contribution in [3.63, 3.8) is 0 Å². The highest BCUT2D eigenvalue weighted by atomic mass is 16.5. The first-order valence-corrected chi connectivity index (χ1v) is 20.3. The minimum absolute atomic E-state index is 0.236. The van der Waals surface area contributed by atoms with Crippen molar-refractivity contribution in [1.29, 1.82) is 0 Å². The molecule has 44 heavy (non-hydrogen) atoms. The van der Waals surface area contributed by atoms with Crippen molar-refractivity contribution in [3.8, 4) is 0 Å². The summed E-state index contributed by atoms with van der Waals surface area (Å²) < 4.78 is 5.20. The molecule has 0 bridgehead atoms. The summed E-state index contributed by atoms with van der Waals surface area (Å²) in [4.78, 5) is 11.8. The van der Waals surface area contributed by atoms with Gasteiger partial charge >= 0.3 is 5.97 Å². The van der Waals surface area contributed by atoms with Crippen LogP contribution in [0.15, 0.2) is 24.5 Å². The lowest BCUT2D eigenvalue weighted by molar-refractivity contribution is -0.132. The zero-order chi connectivity index (χ0) is 31.9. The first-order chi connectivity index (χ1) is 21.8. The highest BCUT2D eigenvalue weighted by molar-refractivity contribution is 5.82. The van der Waals surface area contributed by atoms with E-state index in [4.69, 9.17) is 4.74 Å². The molecule has 2 nitrogen and oxygen atoms in total. The molecule has 0 aliphatic rings. The molecule has 0 rings (SSSR count). The number of carbonyl (C=O) groups is 1. The Bertz CT molecular complexity index is 593. The fourth-order valence-electron chi connectivity index (χ4n) is 6.20. The Hall–Kier alpha value is -1.05. The van der Waals surface area contributed by atoms with Crippen molar-refractivity contribution in [1.82, 2.24) is 0 Å². The second-order valence-corrected chi connectivity index (χ2v) is 13.7. The highest BCUT2D eigenvalue weighted by Crippen LogP contribution is 2.16. The molecule has 0 aliphatic heterocycles. The predicted octanol–water partition coefficient (Wildman–Crippen LogP) is 15.3. The van der Waals surface area contributed by atoms with Gasteiger partial charge in [-0.05, 0) is 31.8 Å². The van der Waals surface area contributed by atoms with Gasteiger partial charge in [-0.1, -0.05) is 219 Å². The summed E-state index contributed by atoms with van der Waals surface area (Å²) >= 11 is 0. The Kier molecular flexibility index (Phi) is 39.0. The van der Waals surface area contributed by atoms with Crippen molar-refractivity contribution < 1.29 is 9.53 Å². The van der Waals surface area contributed by atoms with Gasteiger partial charge in [-0.25, -0.2) is 4.79 Å². The number of unbranched alkanes of at least 4 members (excludes halogenated alkanes) is 33. The fraction of sp³-hybridized carbons (Fsp3) is 0.881. The van der Waals surface area contributed by atoms with Crippen molar-refractivity contribution in [2.24, 2.45) is 0 Å². The van der Waals surface area contributed by atoms with Gasteiger partial charge in [0, 0.05) is 6.08 Å². The SMILES string of the molecule is CCCCCCCCCCCCCCCCCC=CC(=O)OC=CCCCCCCCCCCCCCCCCCCCC. The molecule has 0 amide bonds. The molecule has 0 aromatic heterocycles. The molecule has 0 saturated carbocycles. The maximum absolute atomic E-state index is 11.8. The summed E-state index contributed by atoms with van der Waals surface area (Å²) in [6.07, 6.45) is 55.3. The molecule has 0 heterocycles. The van der Waals surface area contributed by atoms with E-state index in [0.29, 0.717) is 0 Å². The van der Waals surface area contributed by atoms with Gasteiger partial charge in [0.05, 0.1) is 6.26 Å². The molecule has 0 fully saturated rings. The van der Waals surface area contributed by atoms with E-state index >= 15 is 0 Å². The summed E-state index contributed by atoms with van der Waals surface area (Å²) in [5, 5.41) is 0. The van der Waals surface area contributed by atoms with Crippen LogP contribution in [0.4, 0.5) is 0 Å². The molecule has 0 radical (unpaired) electrons. The maximum atomic E-state index is 11.8. The van der Waals surface area contributed by atoms with Crippen LogP contribution in [0.25, 0.3) is 0 Å². The van der Waals surface area contributed by atoms with Gasteiger partial charge in [0.1, 0.15) is 0 Å². The van der Waals surface area contributed by atoms with Crippen LogP contribution in [0.3, 0.4) is 0 Å². The van der Waals surface area contributed by atoms with E-state index in [2.05, 4.69) is 13.8 Å². The number of carbonyl (C=O) groups excluding carboxylic acids is 1. The van der Waals surface area contributed by atoms with Crippen molar-refractivity contribution >= 4 is 5.97 Å². The normalized spacial score (nSPS) is 11.8. The average molecular weight is 617 g/mol. The van der Waals surface area contributed by atoms with Gasteiger partial charge in [0.15, 0.2) is 0 Å². The number of esters is 1. The highest BCUT2D eigenvalue weighted by Gasteiger charge is 1.97. The molecule has 0 unspecified atom stereocenters. The smallest absolute Gasteiger partial charge is 0.335 e.